The van der Waals surface area contributed by atoms with Gasteiger partial charge in [-0.3, -0.25) is 0 Å². The number of urea groups is 1. The minimum Gasteiger partial charge on any atom is -0.480 e. The number of nitrogens with one attached hydrogen (secondary N) is 2. The van der Waals surface area contributed by atoms with E-state index in [1.165, 1.54) is 6.92 Å². The fourth-order valence-corrected chi connectivity index (χ4v) is 2.24. The maximum atomic E-state index is 11.7. The van der Waals surface area contributed by atoms with Crippen molar-refractivity contribution in [2.75, 3.05) is 0 Å². The first kappa shape index (κ1) is 14.5. The van der Waals surface area contributed by atoms with Crippen molar-refractivity contribution in [3.8, 4) is 0 Å². The third-order valence-electron chi connectivity index (χ3n) is 2.61. The minimum atomic E-state index is -1.21. The van der Waals surface area contributed by atoms with Gasteiger partial charge in [0.1, 0.15) is 5.54 Å². The first-order valence-corrected chi connectivity index (χ1v) is 6.67. The predicted octanol–water partition coefficient (Wildman–Crippen LogP) is 2.19. The Kier molecular flexibility index (Phi) is 5.15. The zero-order valence-corrected chi connectivity index (χ0v) is 11.3. The van der Waals surface area contributed by atoms with Crippen molar-refractivity contribution in [3.63, 3.8) is 0 Å². The molecule has 6 heteroatoms. The summed E-state index contributed by atoms with van der Waals surface area (Å²) in [6.07, 6.45) is 1.09. The molecular weight excluding hydrogens is 252 g/mol. The molecule has 18 heavy (non-hydrogen) atoms. The lowest BCUT2D eigenvalue weighted by atomic mass is 9.97. The highest BCUT2D eigenvalue weighted by Gasteiger charge is 2.33. The zero-order chi connectivity index (χ0) is 13.6. The molecule has 1 atom stereocenters. The Morgan fingerprint density at radius 1 is 1.50 bits per heavy atom. The highest BCUT2D eigenvalue weighted by atomic mass is 32.1. The SMILES string of the molecule is CCCC(C)(NC(=O)NCc1cccs1)C(=O)O. The third kappa shape index (κ3) is 4.03. The van der Waals surface area contributed by atoms with Gasteiger partial charge >= 0.3 is 12.0 Å². The Hall–Kier alpha value is -1.56. The molecule has 1 aromatic heterocycles. The summed E-state index contributed by atoms with van der Waals surface area (Å²) in [6, 6.07) is 3.35. The topological polar surface area (TPSA) is 78.4 Å². The fourth-order valence-electron chi connectivity index (χ4n) is 1.60. The molecule has 3 N–H and O–H groups in total. The fraction of sp³-hybridized carbons (Fsp3) is 0.500. The van der Waals surface area contributed by atoms with Gasteiger partial charge in [-0.05, 0) is 24.8 Å². The number of hydrogen-bond donors (Lipinski definition) is 3. The van der Waals surface area contributed by atoms with Crippen LogP contribution in [0.25, 0.3) is 0 Å². The summed E-state index contributed by atoms with van der Waals surface area (Å²) in [7, 11) is 0. The average Bonchev–Trinajstić information content (AvgIpc) is 2.79. The number of amides is 2. The number of hydrogen-bond acceptors (Lipinski definition) is 3. The maximum absolute atomic E-state index is 11.7. The van der Waals surface area contributed by atoms with Gasteiger partial charge in [-0.25, -0.2) is 9.59 Å². The van der Waals surface area contributed by atoms with Crippen molar-refractivity contribution < 1.29 is 14.7 Å². The first-order chi connectivity index (χ1) is 8.48. The largest absolute Gasteiger partial charge is 0.480 e. The summed E-state index contributed by atoms with van der Waals surface area (Å²) in [4.78, 5) is 23.8. The molecule has 2 amide bonds. The predicted molar refractivity (Wildman–Crippen MR) is 70.6 cm³/mol. The van der Waals surface area contributed by atoms with Crippen molar-refractivity contribution in [1.82, 2.24) is 10.6 Å². The van der Waals surface area contributed by atoms with Crippen molar-refractivity contribution in [1.29, 1.82) is 0 Å². The summed E-state index contributed by atoms with van der Waals surface area (Å²) in [5, 5.41) is 16.2. The van der Waals surface area contributed by atoms with Crippen LogP contribution in [0.5, 0.6) is 0 Å². The van der Waals surface area contributed by atoms with E-state index in [4.69, 9.17) is 5.11 Å². The Labute approximate surface area is 110 Å². The lowest BCUT2D eigenvalue weighted by Gasteiger charge is -2.25. The Balaban J connectivity index is 2.49. The summed E-state index contributed by atoms with van der Waals surface area (Å²) in [5.41, 5.74) is -1.21. The van der Waals surface area contributed by atoms with Gasteiger partial charge in [0.25, 0.3) is 0 Å². The van der Waals surface area contributed by atoms with Crippen molar-refractivity contribution in [3.05, 3.63) is 22.4 Å². The van der Waals surface area contributed by atoms with Crippen LogP contribution in [0.15, 0.2) is 17.5 Å². The second-order valence-electron chi connectivity index (χ2n) is 4.27. The summed E-state index contributed by atoms with van der Waals surface area (Å²) >= 11 is 1.54. The zero-order valence-electron chi connectivity index (χ0n) is 10.5. The Bertz CT molecular complexity index is 405. The van der Waals surface area contributed by atoms with E-state index in [0.29, 0.717) is 19.4 Å². The highest BCUT2D eigenvalue weighted by Crippen LogP contribution is 2.12. The molecule has 1 aromatic rings. The first-order valence-electron chi connectivity index (χ1n) is 5.79. The van der Waals surface area contributed by atoms with Gasteiger partial charge < -0.3 is 15.7 Å². The maximum Gasteiger partial charge on any atom is 0.329 e. The molecule has 0 bridgehead atoms. The second-order valence-corrected chi connectivity index (χ2v) is 5.31. The quantitative estimate of drug-likeness (QED) is 0.741. The van der Waals surface area contributed by atoms with Gasteiger partial charge in [0.2, 0.25) is 0 Å². The third-order valence-corrected chi connectivity index (χ3v) is 3.49. The van der Waals surface area contributed by atoms with Gasteiger partial charge in [0.15, 0.2) is 0 Å². The van der Waals surface area contributed by atoms with Crippen LogP contribution in [0.1, 0.15) is 31.6 Å². The molecule has 0 aliphatic heterocycles. The van der Waals surface area contributed by atoms with E-state index >= 15 is 0 Å². The van der Waals surface area contributed by atoms with Gasteiger partial charge in [-0.1, -0.05) is 19.4 Å². The number of aliphatic carboxylic acids is 1. The second kappa shape index (κ2) is 6.39. The van der Waals surface area contributed by atoms with E-state index in [1.54, 1.807) is 11.3 Å². The normalized spacial score (nSPS) is 13.7. The molecule has 5 nitrogen and oxygen atoms in total. The van der Waals surface area contributed by atoms with Crippen molar-refractivity contribution in [2.45, 2.75) is 38.8 Å². The smallest absolute Gasteiger partial charge is 0.329 e. The van der Waals surface area contributed by atoms with Gasteiger partial charge in [0.05, 0.1) is 6.54 Å². The monoisotopic (exact) mass is 270 g/mol. The average molecular weight is 270 g/mol. The number of carboxylic acids is 1. The molecule has 0 radical (unpaired) electrons. The van der Waals surface area contributed by atoms with Crippen LogP contribution in [-0.2, 0) is 11.3 Å². The van der Waals surface area contributed by atoms with Gasteiger partial charge in [0, 0.05) is 4.88 Å². The summed E-state index contributed by atoms with van der Waals surface area (Å²) in [6.45, 7) is 3.81. The van der Waals surface area contributed by atoms with Crippen LogP contribution in [0.2, 0.25) is 0 Å². The van der Waals surface area contributed by atoms with Crippen LogP contribution >= 0.6 is 11.3 Å². The molecule has 1 rings (SSSR count). The molecule has 0 fully saturated rings. The van der Waals surface area contributed by atoms with Crippen LogP contribution in [-0.4, -0.2) is 22.6 Å². The van der Waals surface area contributed by atoms with E-state index in [9.17, 15) is 9.59 Å². The number of rotatable bonds is 6. The molecule has 0 aliphatic rings. The van der Waals surface area contributed by atoms with E-state index in [-0.39, 0.29) is 0 Å². The molecule has 100 valence electrons. The van der Waals surface area contributed by atoms with Crippen molar-refractivity contribution >= 4 is 23.3 Å². The summed E-state index contributed by atoms with van der Waals surface area (Å²) in [5.74, 6) is -1.02. The van der Waals surface area contributed by atoms with Crippen molar-refractivity contribution in [2.24, 2.45) is 0 Å². The summed E-state index contributed by atoms with van der Waals surface area (Å²) < 4.78 is 0. The van der Waals surface area contributed by atoms with Crippen LogP contribution < -0.4 is 10.6 Å². The molecule has 1 heterocycles. The molecule has 0 aromatic carbocycles. The number of carbonyl (C=O) groups excluding carboxylic acids is 1. The van der Waals surface area contributed by atoms with E-state index < -0.39 is 17.5 Å². The van der Waals surface area contributed by atoms with E-state index in [0.717, 1.165) is 4.88 Å². The number of carboxylic acid groups (broad SMARTS) is 1. The minimum absolute atomic E-state index is 0.398. The lowest BCUT2D eigenvalue weighted by molar-refractivity contribution is -0.144. The lowest BCUT2D eigenvalue weighted by Crippen LogP contribution is -2.54. The number of thiophene rings is 1. The molecule has 0 saturated heterocycles. The van der Waals surface area contributed by atoms with Crippen LogP contribution in [0, 0.1) is 0 Å². The number of carbonyl (C=O) groups is 2. The van der Waals surface area contributed by atoms with Crippen LogP contribution in [0.4, 0.5) is 4.79 Å². The molecule has 0 spiro atoms. The molecule has 1 unspecified atom stereocenters. The standard InChI is InChI=1S/C12H18N2O3S/c1-3-6-12(2,10(15)16)14-11(17)13-8-9-5-4-7-18-9/h4-5,7H,3,6,8H2,1-2H3,(H,15,16)(H2,13,14,17). The van der Waals surface area contributed by atoms with Gasteiger partial charge in [-0.15, -0.1) is 11.3 Å². The molecular formula is C12H18N2O3S. The molecule has 0 aliphatic carbocycles. The molecule has 0 saturated carbocycles. The van der Waals surface area contributed by atoms with E-state index in [1.807, 2.05) is 24.4 Å². The van der Waals surface area contributed by atoms with Gasteiger partial charge in [-0.2, -0.15) is 0 Å². The van der Waals surface area contributed by atoms with E-state index in [2.05, 4.69) is 10.6 Å². The Morgan fingerprint density at radius 2 is 2.22 bits per heavy atom. The highest BCUT2D eigenvalue weighted by molar-refractivity contribution is 7.09. The van der Waals surface area contributed by atoms with Crippen LogP contribution in [0.3, 0.4) is 0 Å². The Morgan fingerprint density at radius 3 is 2.72 bits per heavy atom.